The average molecular weight is 402 g/mol. The summed E-state index contributed by atoms with van der Waals surface area (Å²) in [5, 5.41) is 2.94. The van der Waals surface area contributed by atoms with E-state index in [4.69, 9.17) is 0 Å². The predicted molar refractivity (Wildman–Crippen MR) is 102 cm³/mol. The molecule has 2 aromatic heterocycles. The number of halogens is 1. The zero-order chi connectivity index (χ0) is 17.8. The number of hydrogen-bond donors (Lipinski definition) is 1. The fourth-order valence-electron chi connectivity index (χ4n) is 2.55. The van der Waals surface area contributed by atoms with Crippen LogP contribution in [0.1, 0.15) is 0 Å². The van der Waals surface area contributed by atoms with Crippen LogP contribution in [0.5, 0.6) is 0 Å². The molecule has 0 saturated carbocycles. The van der Waals surface area contributed by atoms with Crippen molar-refractivity contribution in [2.45, 2.75) is 6.54 Å². The van der Waals surface area contributed by atoms with Gasteiger partial charge >= 0.3 is 0 Å². The maximum atomic E-state index is 12.4. The summed E-state index contributed by atoms with van der Waals surface area (Å²) >= 11 is 3.44. The van der Waals surface area contributed by atoms with Crippen LogP contribution in [-0.4, -0.2) is 52.5 Å². The van der Waals surface area contributed by atoms with E-state index in [9.17, 15) is 4.79 Å². The van der Waals surface area contributed by atoms with Gasteiger partial charge in [-0.05, 0) is 38.4 Å². The summed E-state index contributed by atoms with van der Waals surface area (Å²) in [6, 6.07) is 11.6. The normalized spacial score (nSPS) is 11.2. The van der Waals surface area contributed by atoms with Gasteiger partial charge in [0.15, 0.2) is 5.65 Å². The summed E-state index contributed by atoms with van der Waals surface area (Å²) in [7, 11) is 3.95. The quantitative estimate of drug-likeness (QED) is 0.689. The number of imidazole rings is 1. The van der Waals surface area contributed by atoms with E-state index in [1.54, 1.807) is 6.20 Å². The zero-order valence-electron chi connectivity index (χ0n) is 14.2. The molecular weight excluding hydrogens is 382 g/mol. The van der Waals surface area contributed by atoms with E-state index in [0.29, 0.717) is 12.2 Å². The number of amides is 1. The van der Waals surface area contributed by atoms with Crippen molar-refractivity contribution in [1.82, 2.24) is 24.8 Å². The van der Waals surface area contributed by atoms with Crippen LogP contribution in [0, 0.1) is 0 Å². The number of aromatic nitrogens is 3. The van der Waals surface area contributed by atoms with E-state index in [1.807, 2.05) is 60.0 Å². The van der Waals surface area contributed by atoms with E-state index in [0.717, 1.165) is 27.9 Å². The Kier molecular flexibility index (Phi) is 5.45. The summed E-state index contributed by atoms with van der Waals surface area (Å²) in [4.78, 5) is 23.5. The highest BCUT2D eigenvalue weighted by atomic mass is 79.9. The topological polar surface area (TPSA) is 63.1 Å². The Labute approximate surface area is 155 Å². The Bertz CT molecular complexity index is 873. The van der Waals surface area contributed by atoms with Crippen LogP contribution in [0.25, 0.3) is 22.6 Å². The minimum atomic E-state index is -0.0508. The number of hydrogen-bond acceptors (Lipinski definition) is 4. The van der Waals surface area contributed by atoms with Crippen molar-refractivity contribution in [3.63, 3.8) is 0 Å². The Morgan fingerprint density at radius 2 is 2.00 bits per heavy atom. The number of carbonyl (C=O) groups excluding carboxylic acids is 1. The van der Waals surface area contributed by atoms with Crippen molar-refractivity contribution in [3.05, 3.63) is 47.1 Å². The number of benzene rings is 1. The van der Waals surface area contributed by atoms with Gasteiger partial charge in [0.25, 0.3) is 0 Å². The molecule has 0 spiro atoms. The van der Waals surface area contributed by atoms with Crippen molar-refractivity contribution >= 4 is 33.0 Å². The van der Waals surface area contributed by atoms with Gasteiger partial charge < -0.3 is 10.2 Å². The monoisotopic (exact) mass is 401 g/mol. The van der Waals surface area contributed by atoms with E-state index in [1.165, 1.54) is 0 Å². The van der Waals surface area contributed by atoms with Gasteiger partial charge in [0, 0.05) is 29.3 Å². The number of pyridine rings is 1. The lowest BCUT2D eigenvalue weighted by Gasteiger charge is -2.12. The SMILES string of the molecule is CN(C)CCNC(=O)Cn1c(-c2ccc(Br)cc2)nc2cccnc21. The Hall–Kier alpha value is -2.25. The van der Waals surface area contributed by atoms with Crippen LogP contribution < -0.4 is 5.32 Å². The molecule has 0 aliphatic rings. The number of likely N-dealkylation sites (N-methyl/N-ethyl adjacent to an activating group) is 1. The molecule has 0 radical (unpaired) electrons. The van der Waals surface area contributed by atoms with Gasteiger partial charge in [-0.2, -0.15) is 0 Å². The second-order valence-electron chi connectivity index (χ2n) is 6.03. The van der Waals surface area contributed by atoms with Gasteiger partial charge in [0.05, 0.1) is 0 Å². The van der Waals surface area contributed by atoms with Crippen molar-refractivity contribution in [3.8, 4) is 11.4 Å². The third-order valence-electron chi connectivity index (χ3n) is 3.79. The molecule has 2 heterocycles. The van der Waals surface area contributed by atoms with Crippen molar-refractivity contribution in [1.29, 1.82) is 0 Å². The van der Waals surface area contributed by atoms with Crippen LogP contribution in [0.3, 0.4) is 0 Å². The Morgan fingerprint density at radius 1 is 1.24 bits per heavy atom. The molecule has 130 valence electrons. The molecule has 0 saturated heterocycles. The van der Waals surface area contributed by atoms with Crippen molar-refractivity contribution in [2.24, 2.45) is 0 Å². The fraction of sp³-hybridized carbons (Fsp3) is 0.278. The maximum Gasteiger partial charge on any atom is 0.240 e. The third-order valence-corrected chi connectivity index (χ3v) is 4.32. The van der Waals surface area contributed by atoms with Gasteiger partial charge in [-0.15, -0.1) is 0 Å². The predicted octanol–water partition coefficient (Wildman–Crippen LogP) is 2.54. The number of nitrogens with one attached hydrogen (secondary N) is 1. The summed E-state index contributed by atoms with van der Waals surface area (Å²) in [5.41, 5.74) is 2.44. The maximum absolute atomic E-state index is 12.4. The number of rotatable bonds is 6. The second-order valence-corrected chi connectivity index (χ2v) is 6.94. The molecule has 0 unspecified atom stereocenters. The molecule has 1 N–H and O–H groups in total. The number of fused-ring (bicyclic) bond motifs is 1. The largest absolute Gasteiger partial charge is 0.353 e. The first-order valence-corrected chi connectivity index (χ1v) is 8.82. The first-order chi connectivity index (χ1) is 12.0. The van der Waals surface area contributed by atoms with E-state index >= 15 is 0 Å². The molecule has 0 aliphatic carbocycles. The van der Waals surface area contributed by atoms with Gasteiger partial charge in [-0.1, -0.05) is 28.1 Å². The standard InChI is InChI=1S/C18H20BrN5O/c1-23(2)11-10-20-16(25)12-24-17(13-5-7-14(19)8-6-13)22-15-4-3-9-21-18(15)24/h3-9H,10-12H2,1-2H3,(H,20,25). The molecule has 3 aromatic rings. The number of carbonyl (C=O) groups is 1. The molecule has 0 fully saturated rings. The molecular formula is C18H20BrN5O. The van der Waals surface area contributed by atoms with Gasteiger partial charge in [-0.3, -0.25) is 9.36 Å². The Balaban J connectivity index is 1.91. The van der Waals surface area contributed by atoms with Crippen LogP contribution in [-0.2, 0) is 11.3 Å². The number of nitrogens with zero attached hydrogens (tertiary/aromatic N) is 4. The van der Waals surface area contributed by atoms with Gasteiger partial charge in [-0.25, -0.2) is 9.97 Å². The van der Waals surface area contributed by atoms with Crippen LogP contribution in [0.4, 0.5) is 0 Å². The average Bonchev–Trinajstić information content (AvgIpc) is 2.94. The first kappa shape index (κ1) is 17.6. The fourth-order valence-corrected chi connectivity index (χ4v) is 2.81. The lowest BCUT2D eigenvalue weighted by Crippen LogP contribution is -2.33. The minimum absolute atomic E-state index is 0.0508. The van der Waals surface area contributed by atoms with E-state index in [-0.39, 0.29) is 12.5 Å². The lowest BCUT2D eigenvalue weighted by molar-refractivity contribution is -0.121. The van der Waals surface area contributed by atoms with E-state index in [2.05, 4.69) is 31.2 Å². The second kappa shape index (κ2) is 7.76. The molecule has 1 amide bonds. The van der Waals surface area contributed by atoms with Gasteiger partial charge in [0.1, 0.15) is 17.9 Å². The van der Waals surface area contributed by atoms with Crippen LogP contribution in [0.15, 0.2) is 47.1 Å². The van der Waals surface area contributed by atoms with Crippen molar-refractivity contribution < 1.29 is 4.79 Å². The summed E-state index contributed by atoms with van der Waals surface area (Å²) in [6.45, 7) is 1.60. The minimum Gasteiger partial charge on any atom is -0.353 e. The van der Waals surface area contributed by atoms with Gasteiger partial charge in [0.2, 0.25) is 5.91 Å². The highest BCUT2D eigenvalue weighted by Gasteiger charge is 2.16. The first-order valence-electron chi connectivity index (χ1n) is 8.03. The lowest BCUT2D eigenvalue weighted by atomic mass is 10.2. The molecule has 0 atom stereocenters. The summed E-state index contributed by atoms with van der Waals surface area (Å²) < 4.78 is 2.86. The summed E-state index contributed by atoms with van der Waals surface area (Å²) in [5.74, 6) is 0.689. The van der Waals surface area contributed by atoms with Crippen molar-refractivity contribution in [2.75, 3.05) is 27.2 Å². The highest BCUT2D eigenvalue weighted by Crippen LogP contribution is 2.25. The molecule has 0 aliphatic heterocycles. The molecule has 1 aromatic carbocycles. The highest BCUT2D eigenvalue weighted by molar-refractivity contribution is 9.10. The zero-order valence-corrected chi connectivity index (χ0v) is 15.8. The third kappa shape index (κ3) is 4.24. The van der Waals surface area contributed by atoms with Crippen LogP contribution >= 0.6 is 15.9 Å². The summed E-state index contributed by atoms with van der Waals surface area (Å²) in [6.07, 6.45) is 1.72. The van der Waals surface area contributed by atoms with Crippen LogP contribution in [0.2, 0.25) is 0 Å². The molecule has 7 heteroatoms. The molecule has 25 heavy (non-hydrogen) atoms. The molecule has 6 nitrogen and oxygen atoms in total. The molecule has 3 rings (SSSR count). The smallest absolute Gasteiger partial charge is 0.240 e. The van der Waals surface area contributed by atoms with E-state index < -0.39 is 0 Å². The Morgan fingerprint density at radius 3 is 2.72 bits per heavy atom. The molecule has 0 bridgehead atoms.